The second-order valence-corrected chi connectivity index (χ2v) is 3.39. The minimum Gasteiger partial charge on any atom is -0.369 e. The van der Waals surface area contributed by atoms with Crippen LogP contribution in [0.15, 0.2) is 4.52 Å². The lowest BCUT2D eigenvalue weighted by molar-refractivity contribution is -0.120. The minimum absolute atomic E-state index is 0.328. The van der Waals surface area contributed by atoms with Crippen LogP contribution in [0.3, 0.4) is 0 Å². The van der Waals surface area contributed by atoms with Gasteiger partial charge in [0.25, 0.3) is 0 Å². The first-order valence-electron chi connectivity index (χ1n) is 4.28. The molecule has 1 unspecified atom stereocenters. The van der Waals surface area contributed by atoms with Crippen molar-refractivity contribution in [3.8, 4) is 0 Å². The van der Waals surface area contributed by atoms with Crippen LogP contribution in [0.25, 0.3) is 0 Å². The molecule has 2 N–H and O–H groups in total. The highest BCUT2D eigenvalue weighted by Crippen LogP contribution is 2.41. The van der Waals surface area contributed by atoms with Gasteiger partial charge in [-0.15, -0.1) is 0 Å². The van der Waals surface area contributed by atoms with Gasteiger partial charge in [-0.25, -0.2) is 0 Å². The predicted octanol–water partition coefficient (Wildman–Crippen LogP) is 0.357. The molecule has 0 spiro atoms. The van der Waals surface area contributed by atoms with Gasteiger partial charge in [-0.2, -0.15) is 4.98 Å². The van der Waals surface area contributed by atoms with Crippen LogP contribution >= 0.6 is 0 Å². The Morgan fingerprint density at radius 1 is 1.69 bits per heavy atom. The summed E-state index contributed by atoms with van der Waals surface area (Å²) in [5.74, 6) is 0.532. The van der Waals surface area contributed by atoms with E-state index in [1.807, 2.05) is 0 Å². The van der Waals surface area contributed by atoms with E-state index >= 15 is 0 Å². The topological polar surface area (TPSA) is 82.0 Å². The predicted molar refractivity (Wildman–Crippen MR) is 43.7 cm³/mol. The van der Waals surface area contributed by atoms with Crippen molar-refractivity contribution in [3.05, 3.63) is 11.7 Å². The van der Waals surface area contributed by atoms with Crippen LogP contribution in [0.5, 0.6) is 0 Å². The van der Waals surface area contributed by atoms with E-state index < -0.39 is 0 Å². The zero-order chi connectivity index (χ0) is 9.42. The summed E-state index contributed by atoms with van der Waals surface area (Å²) in [6.45, 7) is 1.70. The second-order valence-electron chi connectivity index (χ2n) is 3.39. The Morgan fingerprint density at radius 3 is 2.77 bits per heavy atom. The number of aromatic nitrogens is 2. The zero-order valence-electron chi connectivity index (χ0n) is 7.36. The number of primary amides is 1. The van der Waals surface area contributed by atoms with Gasteiger partial charge < -0.3 is 10.3 Å². The molecular weight excluding hydrogens is 170 g/mol. The van der Waals surface area contributed by atoms with E-state index in [4.69, 9.17) is 10.3 Å². The fraction of sp³-hybridized carbons (Fsp3) is 0.625. The fourth-order valence-corrected chi connectivity index (χ4v) is 1.44. The molecule has 1 saturated carbocycles. The minimum atomic E-state index is -0.358. The first-order chi connectivity index (χ1) is 6.18. The maximum Gasteiger partial charge on any atom is 0.228 e. The van der Waals surface area contributed by atoms with Gasteiger partial charge in [0.1, 0.15) is 5.92 Å². The highest BCUT2D eigenvalue weighted by atomic mass is 16.5. The van der Waals surface area contributed by atoms with E-state index in [2.05, 4.69) is 10.1 Å². The van der Waals surface area contributed by atoms with Crippen LogP contribution in [-0.4, -0.2) is 16.0 Å². The lowest BCUT2D eigenvalue weighted by atomic mass is 10.0. The number of carbonyl (C=O) groups excluding carboxylic acids is 1. The van der Waals surface area contributed by atoms with Crippen LogP contribution in [0, 0.1) is 12.8 Å². The van der Waals surface area contributed by atoms with E-state index in [9.17, 15) is 4.79 Å². The third-order valence-electron chi connectivity index (χ3n) is 2.22. The van der Waals surface area contributed by atoms with Gasteiger partial charge in [-0.1, -0.05) is 5.16 Å². The summed E-state index contributed by atoms with van der Waals surface area (Å²) in [4.78, 5) is 15.1. The molecular formula is C8H11N3O2. The number of hydrogen-bond acceptors (Lipinski definition) is 4. The third kappa shape index (κ3) is 1.54. The van der Waals surface area contributed by atoms with Gasteiger partial charge >= 0.3 is 0 Å². The number of hydrogen-bond donors (Lipinski definition) is 1. The summed E-state index contributed by atoms with van der Waals surface area (Å²) in [5.41, 5.74) is 5.26. The summed E-state index contributed by atoms with van der Waals surface area (Å²) < 4.78 is 4.80. The van der Waals surface area contributed by atoms with Crippen molar-refractivity contribution < 1.29 is 9.32 Å². The van der Waals surface area contributed by atoms with Crippen molar-refractivity contribution in [3.63, 3.8) is 0 Å². The largest absolute Gasteiger partial charge is 0.369 e. The van der Waals surface area contributed by atoms with Crippen LogP contribution in [-0.2, 0) is 4.79 Å². The Bertz CT molecular complexity index is 330. The number of nitrogens with two attached hydrogens (primary N) is 1. The molecule has 13 heavy (non-hydrogen) atoms. The molecule has 0 bridgehead atoms. The van der Waals surface area contributed by atoms with Crippen LogP contribution < -0.4 is 5.73 Å². The molecule has 0 aromatic carbocycles. The molecule has 1 fully saturated rings. The molecule has 1 aliphatic carbocycles. The van der Waals surface area contributed by atoms with Gasteiger partial charge in [-0.05, 0) is 18.8 Å². The van der Waals surface area contributed by atoms with Crippen LogP contribution in [0.2, 0.25) is 0 Å². The Kier molecular flexibility index (Phi) is 1.79. The third-order valence-corrected chi connectivity index (χ3v) is 2.22. The average molecular weight is 181 g/mol. The number of aryl methyl sites for hydroxylation is 1. The zero-order valence-corrected chi connectivity index (χ0v) is 7.36. The summed E-state index contributed by atoms with van der Waals surface area (Å²) in [6.07, 6.45) is 2.06. The Labute approximate surface area is 75.3 Å². The molecule has 5 heteroatoms. The molecule has 0 aliphatic heterocycles. The van der Waals surface area contributed by atoms with E-state index in [0.717, 1.165) is 12.8 Å². The van der Waals surface area contributed by atoms with Gasteiger partial charge in [-0.3, -0.25) is 4.79 Å². The van der Waals surface area contributed by atoms with Crippen molar-refractivity contribution in [1.29, 1.82) is 0 Å². The van der Waals surface area contributed by atoms with Gasteiger partial charge in [0.15, 0.2) is 5.82 Å². The van der Waals surface area contributed by atoms with Gasteiger partial charge in [0.2, 0.25) is 11.8 Å². The molecule has 5 nitrogen and oxygen atoms in total. The maximum atomic E-state index is 11.1. The Morgan fingerprint density at radius 2 is 2.38 bits per heavy atom. The maximum absolute atomic E-state index is 11.1. The lowest BCUT2D eigenvalue weighted by Gasteiger charge is -2.05. The average Bonchev–Trinajstić information content (AvgIpc) is 2.76. The number of amides is 1. The summed E-state index contributed by atoms with van der Waals surface area (Å²) >= 11 is 0. The number of rotatable bonds is 3. The number of carbonyl (C=O) groups is 1. The van der Waals surface area contributed by atoms with Gasteiger partial charge in [0.05, 0.1) is 0 Å². The van der Waals surface area contributed by atoms with Crippen molar-refractivity contribution in [2.45, 2.75) is 25.7 Å². The molecule has 2 rings (SSSR count). The van der Waals surface area contributed by atoms with E-state index in [-0.39, 0.29) is 11.8 Å². The van der Waals surface area contributed by atoms with Crippen molar-refractivity contribution in [2.75, 3.05) is 0 Å². The molecule has 70 valence electrons. The molecule has 1 amide bonds. The van der Waals surface area contributed by atoms with Gasteiger partial charge in [0, 0.05) is 6.92 Å². The van der Waals surface area contributed by atoms with E-state index in [1.165, 1.54) is 0 Å². The number of nitrogens with zero attached hydrogens (tertiary/aromatic N) is 2. The molecule has 1 atom stereocenters. The molecule has 0 saturated heterocycles. The standard InChI is InChI=1S/C8H11N3O2/c1-4-10-8(11-13-4)6(7(9)12)5-2-3-5/h5-6H,2-3H2,1H3,(H2,9,12). The fourth-order valence-electron chi connectivity index (χ4n) is 1.44. The Hall–Kier alpha value is -1.39. The molecule has 1 heterocycles. The monoisotopic (exact) mass is 181 g/mol. The van der Waals surface area contributed by atoms with Crippen LogP contribution in [0.4, 0.5) is 0 Å². The lowest BCUT2D eigenvalue weighted by Crippen LogP contribution is -2.24. The van der Waals surface area contributed by atoms with Crippen molar-refractivity contribution in [1.82, 2.24) is 10.1 Å². The second kappa shape index (κ2) is 2.83. The van der Waals surface area contributed by atoms with Crippen molar-refractivity contribution in [2.24, 2.45) is 11.7 Å². The molecule has 0 radical (unpaired) electrons. The van der Waals surface area contributed by atoms with E-state index in [1.54, 1.807) is 6.92 Å². The highest BCUT2D eigenvalue weighted by Gasteiger charge is 2.39. The smallest absolute Gasteiger partial charge is 0.228 e. The molecule has 1 aliphatic rings. The molecule has 1 aromatic heterocycles. The summed E-state index contributed by atoms with van der Waals surface area (Å²) in [7, 11) is 0. The summed E-state index contributed by atoms with van der Waals surface area (Å²) in [6, 6.07) is 0. The van der Waals surface area contributed by atoms with Crippen LogP contribution in [0.1, 0.15) is 30.5 Å². The first kappa shape index (κ1) is 8.22. The quantitative estimate of drug-likeness (QED) is 0.729. The summed E-state index contributed by atoms with van der Waals surface area (Å²) in [5, 5.41) is 3.71. The normalized spacial score (nSPS) is 18.5. The Balaban J connectivity index is 2.24. The highest BCUT2D eigenvalue weighted by molar-refractivity contribution is 5.81. The van der Waals surface area contributed by atoms with E-state index in [0.29, 0.717) is 17.6 Å². The first-order valence-corrected chi connectivity index (χ1v) is 4.28. The van der Waals surface area contributed by atoms with Crippen molar-refractivity contribution >= 4 is 5.91 Å². The molecule has 1 aromatic rings. The SMILES string of the molecule is Cc1nc(C(C(N)=O)C2CC2)no1.